The molecule has 23 heavy (non-hydrogen) atoms. The van der Waals surface area contributed by atoms with Gasteiger partial charge in [0.25, 0.3) is 0 Å². The van der Waals surface area contributed by atoms with Gasteiger partial charge in [0.1, 0.15) is 0 Å². The van der Waals surface area contributed by atoms with Crippen LogP contribution in [0.3, 0.4) is 0 Å². The van der Waals surface area contributed by atoms with Gasteiger partial charge in [0, 0.05) is 5.56 Å². The van der Waals surface area contributed by atoms with Crippen LogP contribution in [0.5, 0.6) is 0 Å². The molecule has 2 aromatic rings. The monoisotopic (exact) mass is 341 g/mol. The number of carbonyl (C=O) groups is 1. The van der Waals surface area contributed by atoms with Crippen molar-refractivity contribution in [3.05, 3.63) is 66.2 Å². The Labute approximate surface area is 131 Å². The summed E-state index contributed by atoms with van der Waals surface area (Å²) in [5.74, 6) is -5.56. The molecule has 2 unspecified atom stereocenters. The fourth-order valence-electron chi connectivity index (χ4n) is 1.96. The maximum atomic E-state index is 15.1. The van der Waals surface area contributed by atoms with Crippen LogP contribution in [0.15, 0.2) is 65.6 Å². The summed E-state index contributed by atoms with van der Waals surface area (Å²) in [6.07, 6.45) is -3.12. The van der Waals surface area contributed by atoms with Crippen LogP contribution in [0.2, 0.25) is 0 Å². The fourth-order valence-corrected chi connectivity index (χ4v) is 3.21. The van der Waals surface area contributed by atoms with E-state index in [1.807, 2.05) is 0 Å². The van der Waals surface area contributed by atoms with Crippen molar-refractivity contribution in [1.82, 2.24) is 4.72 Å². The predicted molar refractivity (Wildman–Crippen MR) is 78.5 cm³/mol. The molecule has 5 nitrogen and oxygen atoms in total. The van der Waals surface area contributed by atoms with Gasteiger partial charge in [0.15, 0.2) is 0 Å². The summed E-state index contributed by atoms with van der Waals surface area (Å²) in [5.41, 5.74) is -0.450. The van der Waals surface area contributed by atoms with Crippen molar-refractivity contribution in [3.63, 3.8) is 0 Å². The number of rotatable bonds is 6. The standard InChI is InChI=1S/C15H13F2NO4S/c16-13(14(19)20)15(17,11-7-3-1-4-8-11)18-23(21,22)12-9-5-2-6-10-12/h1-10,13,18H,(H,19,20). The minimum Gasteiger partial charge on any atom is -0.479 e. The van der Waals surface area contributed by atoms with Gasteiger partial charge in [-0.15, -0.1) is 0 Å². The van der Waals surface area contributed by atoms with Gasteiger partial charge in [0.05, 0.1) is 4.90 Å². The van der Waals surface area contributed by atoms with Gasteiger partial charge in [-0.05, 0) is 12.1 Å². The lowest BCUT2D eigenvalue weighted by molar-refractivity contribution is -0.150. The third-order valence-electron chi connectivity index (χ3n) is 3.10. The molecule has 2 atom stereocenters. The van der Waals surface area contributed by atoms with Crippen molar-refractivity contribution in [2.24, 2.45) is 0 Å². The Kier molecular flexibility index (Phi) is 4.76. The van der Waals surface area contributed by atoms with Crippen molar-refractivity contribution in [3.8, 4) is 0 Å². The molecule has 0 radical (unpaired) electrons. The Morgan fingerprint density at radius 1 is 1.04 bits per heavy atom. The molecule has 2 rings (SSSR count). The summed E-state index contributed by atoms with van der Waals surface area (Å²) in [7, 11) is -4.47. The third-order valence-corrected chi connectivity index (χ3v) is 4.55. The van der Waals surface area contributed by atoms with Crippen LogP contribution in [0.1, 0.15) is 5.56 Å². The molecule has 0 saturated carbocycles. The molecule has 0 aromatic heterocycles. The highest BCUT2D eigenvalue weighted by Crippen LogP contribution is 2.31. The van der Waals surface area contributed by atoms with Gasteiger partial charge in [-0.1, -0.05) is 48.5 Å². The molecule has 0 aliphatic rings. The van der Waals surface area contributed by atoms with Crippen LogP contribution in [0, 0.1) is 0 Å². The van der Waals surface area contributed by atoms with Gasteiger partial charge in [-0.25, -0.2) is 22.0 Å². The van der Waals surface area contributed by atoms with Gasteiger partial charge >= 0.3 is 5.97 Å². The Morgan fingerprint density at radius 3 is 2.00 bits per heavy atom. The van der Waals surface area contributed by atoms with Crippen molar-refractivity contribution in [1.29, 1.82) is 0 Å². The van der Waals surface area contributed by atoms with Gasteiger partial charge in [-0.3, -0.25) is 0 Å². The molecule has 0 amide bonds. The maximum Gasteiger partial charge on any atom is 0.343 e. The molecule has 0 bridgehead atoms. The van der Waals surface area contributed by atoms with E-state index in [-0.39, 0.29) is 4.90 Å². The second-order valence-electron chi connectivity index (χ2n) is 4.70. The van der Waals surface area contributed by atoms with E-state index >= 15 is 4.39 Å². The topological polar surface area (TPSA) is 83.5 Å². The van der Waals surface area contributed by atoms with Crippen molar-refractivity contribution in [2.45, 2.75) is 16.9 Å². The first kappa shape index (κ1) is 17.0. The molecular weight excluding hydrogens is 328 g/mol. The predicted octanol–water partition coefficient (Wildman–Crippen LogP) is 2.21. The molecule has 2 aromatic carbocycles. The zero-order valence-electron chi connectivity index (χ0n) is 11.7. The molecular formula is C15H13F2NO4S. The second-order valence-corrected chi connectivity index (χ2v) is 6.38. The minimum atomic E-state index is -4.47. The highest BCUT2D eigenvalue weighted by molar-refractivity contribution is 7.89. The molecule has 0 aliphatic carbocycles. The summed E-state index contributed by atoms with van der Waals surface area (Å²) in [6, 6.07) is 13.1. The van der Waals surface area contributed by atoms with Gasteiger partial charge in [0.2, 0.25) is 22.0 Å². The number of hydrogen-bond acceptors (Lipinski definition) is 3. The number of alkyl halides is 2. The number of benzene rings is 2. The van der Waals surface area contributed by atoms with E-state index in [0.29, 0.717) is 0 Å². The van der Waals surface area contributed by atoms with Crippen molar-refractivity contribution < 1.29 is 27.1 Å². The average molecular weight is 341 g/mol. The second kappa shape index (κ2) is 6.43. The number of halogens is 2. The number of carboxylic acid groups (broad SMARTS) is 1. The highest BCUT2D eigenvalue weighted by atomic mass is 32.2. The zero-order valence-corrected chi connectivity index (χ0v) is 12.5. The molecule has 0 spiro atoms. The minimum absolute atomic E-state index is 0.310. The van der Waals surface area contributed by atoms with Crippen LogP contribution in [0.4, 0.5) is 8.78 Å². The lowest BCUT2D eigenvalue weighted by Gasteiger charge is -2.27. The van der Waals surface area contributed by atoms with E-state index in [0.717, 1.165) is 12.1 Å². The number of carboxylic acids is 1. The van der Waals surface area contributed by atoms with Crippen LogP contribution < -0.4 is 4.72 Å². The molecule has 0 aliphatic heterocycles. The lowest BCUT2D eigenvalue weighted by atomic mass is 10.0. The summed E-state index contributed by atoms with van der Waals surface area (Å²) in [4.78, 5) is 10.6. The molecule has 0 fully saturated rings. The first-order valence-electron chi connectivity index (χ1n) is 6.48. The van der Waals surface area contributed by atoms with Crippen molar-refractivity contribution in [2.75, 3.05) is 0 Å². The summed E-state index contributed by atoms with van der Waals surface area (Å²) >= 11 is 0. The van der Waals surface area contributed by atoms with Crippen LogP contribution in [-0.4, -0.2) is 25.7 Å². The quantitative estimate of drug-likeness (QED) is 0.789. The Bertz CT molecular complexity index is 784. The number of hydrogen-bond donors (Lipinski definition) is 2. The maximum absolute atomic E-state index is 15.1. The summed E-state index contributed by atoms with van der Waals surface area (Å²) in [5, 5.41) is 8.80. The van der Waals surface area contributed by atoms with E-state index in [4.69, 9.17) is 5.11 Å². The number of nitrogens with one attached hydrogen (secondary N) is 1. The van der Waals surface area contributed by atoms with Crippen LogP contribution in [-0.2, 0) is 20.6 Å². The number of aliphatic carboxylic acids is 1. The zero-order chi connectivity index (χ0) is 17.1. The summed E-state index contributed by atoms with van der Waals surface area (Å²) in [6.45, 7) is 0. The van der Waals surface area contributed by atoms with Crippen molar-refractivity contribution >= 4 is 16.0 Å². The van der Waals surface area contributed by atoms with E-state index in [9.17, 15) is 17.6 Å². The van der Waals surface area contributed by atoms with E-state index in [2.05, 4.69) is 0 Å². The van der Waals surface area contributed by atoms with E-state index in [1.165, 1.54) is 47.2 Å². The van der Waals surface area contributed by atoms with E-state index in [1.54, 1.807) is 6.07 Å². The Morgan fingerprint density at radius 2 is 1.52 bits per heavy atom. The molecule has 122 valence electrons. The molecule has 0 saturated heterocycles. The van der Waals surface area contributed by atoms with Crippen LogP contribution >= 0.6 is 0 Å². The SMILES string of the molecule is O=C(O)C(F)C(F)(NS(=O)(=O)c1ccccc1)c1ccccc1. The van der Waals surface area contributed by atoms with Crippen LogP contribution in [0.25, 0.3) is 0 Å². The average Bonchev–Trinajstić information content (AvgIpc) is 2.55. The highest BCUT2D eigenvalue weighted by Gasteiger charge is 2.49. The first-order valence-corrected chi connectivity index (χ1v) is 7.96. The molecule has 0 heterocycles. The van der Waals surface area contributed by atoms with Gasteiger partial charge in [-0.2, -0.15) is 4.72 Å². The Balaban J connectivity index is 2.50. The fraction of sp³-hybridized carbons (Fsp3) is 0.133. The largest absolute Gasteiger partial charge is 0.479 e. The lowest BCUT2D eigenvalue weighted by Crippen LogP contribution is -2.51. The molecule has 2 N–H and O–H groups in total. The summed E-state index contributed by atoms with van der Waals surface area (Å²) < 4.78 is 55.1. The smallest absolute Gasteiger partial charge is 0.343 e. The first-order chi connectivity index (χ1) is 10.8. The third kappa shape index (κ3) is 3.54. The number of sulfonamides is 1. The normalized spacial score (nSPS) is 15.6. The van der Waals surface area contributed by atoms with Gasteiger partial charge < -0.3 is 5.11 Å². The van der Waals surface area contributed by atoms with E-state index < -0.39 is 33.5 Å². The Hall–Kier alpha value is -2.32. The molecule has 8 heteroatoms.